The summed E-state index contributed by atoms with van der Waals surface area (Å²) in [5.41, 5.74) is 2.95. The number of aliphatic hydroxyl groups excluding tert-OH is 1. The van der Waals surface area contributed by atoms with Crippen molar-refractivity contribution >= 4 is 54.0 Å². The number of rotatable bonds is 7. The zero-order valence-corrected chi connectivity index (χ0v) is 29.4. The van der Waals surface area contributed by atoms with E-state index in [1.54, 1.807) is 33.9 Å². The average molecular weight is 690 g/mol. The Balaban J connectivity index is 1.20. The number of fused-ring (bicyclic) bond motifs is 3. The van der Waals surface area contributed by atoms with Gasteiger partial charge in [-0.2, -0.15) is 0 Å². The Morgan fingerprint density at radius 1 is 1.04 bits per heavy atom. The van der Waals surface area contributed by atoms with Crippen LogP contribution in [0.25, 0.3) is 10.8 Å². The van der Waals surface area contributed by atoms with Crippen molar-refractivity contribution in [3.05, 3.63) is 114 Å². The van der Waals surface area contributed by atoms with E-state index >= 15 is 4.11 Å². The molecule has 4 aromatic rings. The van der Waals surface area contributed by atoms with Gasteiger partial charge in [0.25, 0.3) is 11.8 Å². The third-order valence-corrected chi connectivity index (χ3v) is 13.8. The first-order valence-electron chi connectivity index (χ1n) is 17.3. The third-order valence-electron chi connectivity index (χ3n) is 11.3. The number of anilines is 3. The topological polar surface area (TPSA) is 90.4 Å². The van der Waals surface area contributed by atoms with Crippen LogP contribution in [-0.2, 0) is 32.9 Å². The van der Waals surface area contributed by atoms with E-state index < -0.39 is 37.6 Å². The molecule has 0 saturated carbocycles. The minimum atomic E-state index is -3.56. The molecule has 1 spiro atoms. The van der Waals surface area contributed by atoms with Crippen molar-refractivity contribution in [3.63, 3.8) is 0 Å². The van der Waals surface area contributed by atoms with E-state index in [-0.39, 0.29) is 37.3 Å². The van der Waals surface area contributed by atoms with Gasteiger partial charge >= 0.3 is 0 Å². The highest BCUT2D eigenvalue weighted by Gasteiger charge is 2.67. The first kappa shape index (κ1) is 32.6. The lowest BCUT2D eigenvalue weighted by Gasteiger charge is -2.37. The highest BCUT2D eigenvalue weighted by atomic mass is 28.4. The molecule has 0 unspecified atom stereocenters. The second kappa shape index (κ2) is 11.7. The maximum Gasteiger partial charge on any atom is 0.264 e. The average Bonchev–Trinajstić information content (AvgIpc) is 3.65. The lowest BCUT2D eigenvalue weighted by atomic mass is 9.82. The monoisotopic (exact) mass is 689 g/mol. The highest BCUT2D eigenvalue weighted by molar-refractivity contribution is 6.72. The van der Waals surface area contributed by atoms with Crippen LogP contribution in [-0.4, -0.2) is 61.4 Å². The van der Waals surface area contributed by atoms with E-state index in [4.69, 9.17) is 4.74 Å². The predicted octanol–water partition coefficient (Wildman–Crippen LogP) is 6.78. The van der Waals surface area contributed by atoms with Crippen LogP contribution < -0.4 is 9.80 Å². The molecule has 4 aliphatic heterocycles. The largest absolute Gasteiger partial charge is 0.394 e. The fourth-order valence-electron chi connectivity index (χ4n) is 9.19. The van der Waals surface area contributed by atoms with Gasteiger partial charge in [0.05, 0.1) is 42.1 Å². The molecule has 5 atom stereocenters. The number of carbonyl (C=O) groups is 3. The second-order valence-electron chi connectivity index (χ2n) is 14.5. The van der Waals surface area contributed by atoms with E-state index in [1.165, 1.54) is 0 Å². The molecule has 0 radical (unpaired) electrons. The second-order valence-corrected chi connectivity index (χ2v) is 18.3. The van der Waals surface area contributed by atoms with Crippen molar-refractivity contribution in [2.24, 2.45) is 5.92 Å². The van der Waals surface area contributed by atoms with Gasteiger partial charge in [-0.3, -0.25) is 19.3 Å². The Bertz CT molecular complexity index is 2090. The Kier molecular flexibility index (Phi) is 7.63. The van der Waals surface area contributed by atoms with E-state index in [0.717, 1.165) is 27.6 Å². The van der Waals surface area contributed by atoms with Crippen LogP contribution in [0.3, 0.4) is 0 Å². The van der Waals surface area contributed by atoms with E-state index in [1.807, 2.05) is 85.8 Å². The molecule has 0 aromatic heterocycles. The molecular formula is C40H40FN3O5Si. The van der Waals surface area contributed by atoms with Crippen molar-refractivity contribution < 1.29 is 28.3 Å². The molecule has 0 bridgehead atoms. The van der Waals surface area contributed by atoms with Gasteiger partial charge in [-0.1, -0.05) is 61.5 Å². The van der Waals surface area contributed by atoms with Gasteiger partial charge in [-0.15, -0.1) is 6.58 Å². The summed E-state index contributed by atoms with van der Waals surface area (Å²) >= 11 is 0. The molecule has 1 fully saturated rings. The quantitative estimate of drug-likeness (QED) is 0.131. The lowest BCUT2D eigenvalue weighted by Crippen LogP contribution is -2.48. The molecule has 1 N–H and O–H groups in total. The minimum Gasteiger partial charge on any atom is -0.394 e. The highest BCUT2D eigenvalue weighted by Crippen LogP contribution is 2.61. The molecule has 256 valence electrons. The molecule has 4 heterocycles. The Hall–Kier alpha value is -4.64. The van der Waals surface area contributed by atoms with Crippen molar-refractivity contribution in [1.29, 1.82) is 0 Å². The van der Waals surface area contributed by atoms with E-state index in [2.05, 4.69) is 6.58 Å². The molecule has 4 aliphatic rings. The molecule has 8 nitrogen and oxygen atoms in total. The summed E-state index contributed by atoms with van der Waals surface area (Å²) in [4.78, 5) is 47.7. The SMILES string of the molecule is C=CCN1C(=O)[C@@]2(O[C@@H](CC(=O)N3Cc4ccccc4C[C@H]3CO)[C@H]([Si](C)(C)F)[C@H]2C)c2cc(N3C(=O)c4cccc5cccc3c45)ccc21. The van der Waals surface area contributed by atoms with Gasteiger partial charge < -0.3 is 23.8 Å². The van der Waals surface area contributed by atoms with Crippen LogP contribution in [0.15, 0.2) is 91.5 Å². The molecule has 1 saturated heterocycles. The van der Waals surface area contributed by atoms with Crippen LogP contribution >= 0.6 is 0 Å². The number of aliphatic hydroxyl groups is 1. The number of ether oxygens (including phenoxy) is 1. The summed E-state index contributed by atoms with van der Waals surface area (Å²) in [6, 6.07) is 24.5. The van der Waals surface area contributed by atoms with Crippen LogP contribution in [0.1, 0.15) is 40.4 Å². The summed E-state index contributed by atoms with van der Waals surface area (Å²) in [7, 11) is -3.56. The maximum atomic E-state index is 16.6. The van der Waals surface area contributed by atoms with Crippen LogP contribution in [0.5, 0.6) is 0 Å². The third kappa shape index (κ3) is 4.65. The first-order valence-corrected chi connectivity index (χ1v) is 20.2. The summed E-state index contributed by atoms with van der Waals surface area (Å²) in [5, 5.41) is 12.1. The van der Waals surface area contributed by atoms with Gasteiger partial charge in [0.1, 0.15) is 0 Å². The number of carbonyl (C=O) groups excluding carboxylic acids is 3. The normalized spacial score (nSPS) is 25.5. The van der Waals surface area contributed by atoms with Gasteiger partial charge in [0.2, 0.25) is 14.3 Å². The standard InChI is InChI=1S/C40H40FN3O5Si/c1-5-18-42-32-17-16-28(44-33-15-9-13-25-12-8-14-30(36(25)33)38(44)47)20-31(32)40(39(42)48)24(2)37(50(3,4)41)34(49-40)21-35(46)43-22-27-11-7-6-10-26(27)19-29(43)23-45/h5-17,20,24,29,34,37,45H,1,18-19,21-23H2,2-4H3/t24-,29+,34+,37-,40+/m1/s1. The first-order chi connectivity index (χ1) is 24.0. The van der Waals surface area contributed by atoms with Gasteiger partial charge in [-0.05, 0) is 66.4 Å². The predicted molar refractivity (Wildman–Crippen MR) is 194 cm³/mol. The summed E-state index contributed by atoms with van der Waals surface area (Å²) in [6.45, 7) is 9.32. The van der Waals surface area contributed by atoms with E-state index in [9.17, 15) is 19.5 Å². The van der Waals surface area contributed by atoms with Crippen molar-refractivity contribution in [1.82, 2.24) is 4.90 Å². The number of halogens is 1. The molecule has 10 heteroatoms. The summed E-state index contributed by atoms with van der Waals surface area (Å²) in [6.07, 6.45) is 1.16. The van der Waals surface area contributed by atoms with Crippen molar-refractivity contribution in [2.75, 3.05) is 23.0 Å². The number of benzene rings is 4. The zero-order valence-electron chi connectivity index (χ0n) is 28.4. The zero-order chi connectivity index (χ0) is 35.1. The maximum absolute atomic E-state index is 16.6. The smallest absolute Gasteiger partial charge is 0.264 e. The fraction of sp³-hybridized carbons (Fsp3) is 0.325. The molecular weight excluding hydrogens is 650 g/mol. The fourth-order valence-corrected chi connectivity index (χ4v) is 11.7. The van der Waals surface area contributed by atoms with Gasteiger partial charge in [0.15, 0.2) is 5.60 Å². The molecule has 3 amide bonds. The summed E-state index contributed by atoms with van der Waals surface area (Å²) < 4.78 is 23.5. The Labute approximate surface area is 291 Å². The minimum absolute atomic E-state index is 0.124. The number of amides is 3. The molecule has 4 aromatic carbocycles. The summed E-state index contributed by atoms with van der Waals surface area (Å²) in [5.74, 6) is -1.35. The number of nitrogens with zero attached hydrogens (tertiary/aromatic N) is 3. The Morgan fingerprint density at radius 3 is 2.50 bits per heavy atom. The number of hydrogen-bond donors (Lipinski definition) is 1. The van der Waals surface area contributed by atoms with Crippen molar-refractivity contribution in [3.8, 4) is 0 Å². The van der Waals surface area contributed by atoms with Gasteiger partial charge in [0, 0.05) is 41.2 Å². The van der Waals surface area contributed by atoms with Gasteiger partial charge in [-0.25, -0.2) is 0 Å². The van der Waals surface area contributed by atoms with Crippen LogP contribution in [0.2, 0.25) is 18.6 Å². The van der Waals surface area contributed by atoms with E-state index in [0.29, 0.717) is 35.5 Å². The van der Waals surface area contributed by atoms with Crippen LogP contribution in [0.4, 0.5) is 21.2 Å². The van der Waals surface area contributed by atoms with Crippen LogP contribution in [0, 0.1) is 5.92 Å². The molecule has 8 rings (SSSR count). The molecule has 50 heavy (non-hydrogen) atoms. The van der Waals surface area contributed by atoms with Crippen molar-refractivity contribution in [2.45, 2.75) is 62.7 Å². The number of hydrogen-bond acceptors (Lipinski definition) is 5. The lowest BCUT2D eigenvalue weighted by molar-refractivity contribution is -0.150. The Morgan fingerprint density at radius 2 is 1.78 bits per heavy atom. The molecule has 0 aliphatic carbocycles.